The third-order valence-corrected chi connectivity index (χ3v) is 4.29. The molecule has 9 heteroatoms. The fourth-order valence-electron chi connectivity index (χ4n) is 3.06. The molecule has 0 heterocycles. The van der Waals surface area contributed by atoms with Crippen molar-refractivity contribution < 1.29 is 23.9 Å². The van der Waals surface area contributed by atoms with E-state index < -0.39 is 23.8 Å². The highest BCUT2D eigenvalue weighted by molar-refractivity contribution is 7.59. The van der Waals surface area contributed by atoms with Crippen molar-refractivity contribution in [2.45, 2.75) is 78.6 Å². The van der Waals surface area contributed by atoms with E-state index in [0.717, 1.165) is 5.56 Å². The molecule has 0 aromatic heterocycles. The maximum atomic E-state index is 13.3. The fraction of sp³-hybridized carbons (Fsp3) is 0.609. The van der Waals surface area contributed by atoms with Crippen molar-refractivity contribution in [2.24, 2.45) is 0 Å². The highest BCUT2D eigenvalue weighted by atomic mass is 32.1. The first-order valence-corrected chi connectivity index (χ1v) is 10.5. The van der Waals surface area contributed by atoms with Crippen LogP contribution in [0.2, 0.25) is 0 Å². The summed E-state index contributed by atoms with van der Waals surface area (Å²) in [5.74, 6) is 0.218. The average Bonchev–Trinajstić information content (AvgIpc) is 2.60. The van der Waals surface area contributed by atoms with Crippen molar-refractivity contribution in [1.29, 1.82) is 0 Å². The molecule has 0 radical (unpaired) electrons. The third-order valence-electron chi connectivity index (χ3n) is 4.29. The van der Waals surface area contributed by atoms with Crippen LogP contribution in [0.1, 0.15) is 54.0 Å². The van der Waals surface area contributed by atoms with Gasteiger partial charge in [-0.25, -0.2) is 9.59 Å². The molecule has 0 saturated heterocycles. The zero-order valence-corrected chi connectivity index (χ0v) is 21.7. The highest BCUT2D eigenvalue weighted by Crippen LogP contribution is 2.17. The van der Waals surface area contributed by atoms with Gasteiger partial charge >= 0.3 is 12.2 Å². The molecule has 1 atom stereocenters. The number of hydrogen-bond acceptors (Lipinski definition) is 5. The predicted octanol–water partition coefficient (Wildman–Crippen LogP) is 3.94. The lowest BCUT2D eigenvalue weighted by Gasteiger charge is -2.34. The van der Waals surface area contributed by atoms with Crippen LogP contribution in [-0.4, -0.2) is 65.7 Å². The zero-order chi connectivity index (χ0) is 23.9. The Morgan fingerprint density at radius 1 is 0.969 bits per heavy atom. The van der Waals surface area contributed by atoms with Crippen molar-refractivity contribution in [3.63, 3.8) is 0 Å². The van der Waals surface area contributed by atoms with E-state index in [4.69, 9.17) is 9.47 Å². The Balaban J connectivity index is 0.00000961. The molecule has 32 heavy (non-hydrogen) atoms. The van der Waals surface area contributed by atoms with E-state index in [1.165, 1.54) is 4.90 Å². The van der Waals surface area contributed by atoms with E-state index >= 15 is 0 Å². The zero-order valence-electron chi connectivity index (χ0n) is 20.7. The Labute approximate surface area is 199 Å². The van der Waals surface area contributed by atoms with Crippen molar-refractivity contribution in [1.82, 2.24) is 15.1 Å². The van der Waals surface area contributed by atoms with E-state index in [0.29, 0.717) is 5.75 Å². The van der Waals surface area contributed by atoms with Crippen LogP contribution in [0, 0.1) is 0 Å². The molecule has 1 aromatic rings. The minimum atomic E-state index is -0.796. The van der Waals surface area contributed by atoms with Gasteiger partial charge < -0.3 is 24.6 Å². The number of ether oxygens (including phenoxy) is 2. The SMILES string of the molecule is CC(C)N(C(=O)[C@H](Cc1ccc(OC(=O)N(C)C)cc1)NC(=O)OC(C)(C)C)C(C)C.S. The molecule has 1 N–H and O–H groups in total. The van der Waals surface area contributed by atoms with Gasteiger partial charge in [0, 0.05) is 32.6 Å². The molecule has 8 nitrogen and oxygen atoms in total. The molecule has 0 unspecified atom stereocenters. The Kier molecular flexibility index (Phi) is 11.6. The molecular formula is C23H39N3O5S. The van der Waals surface area contributed by atoms with Gasteiger partial charge in [-0.3, -0.25) is 4.79 Å². The topological polar surface area (TPSA) is 88.2 Å². The van der Waals surface area contributed by atoms with Crippen LogP contribution in [0.4, 0.5) is 9.59 Å². The summed E-state index contributed by atoms with van der Waals surface area (Å²) < 4.78 is 10.6. The summed E-state index contributed by atoms with van der Waals surface area (Å²) in [5.41, 5.74) is 0.136. The summed E-state index contributed by atoms with van der Waals surface area (Å²) in [6, 6.07) is 6.01. The first-order chi connectivity index (χ1) is 14.2. The molecule has 0 aliphatic rings. The smallest absolute Gasteiger partial charge is 0.414 e. The van der Waals surface area contributed by atoms with Crippen LogP contribution in [0.15, 0.2) is 24.3 Å². The van der Waals surface area contributed by atoms with Gasteiger partial charge in [0.25, 0.3) is 0 Å². The lowest BCUT2D eigenvalue weighted by atomic mass is 10.0. The first-order valence-electron chi connectivity index (χ1n) is 10.5. The van der Waals surface area contributed by atoms with E-state index in [2.05, 4.69) is 5.32 Å². The number of alkyl carbamates (subject to hydrolysis) is 1. The number of carbonyl (C=O) groups is 3. The van der Waals surface area contributed by atoms with Crippen molar-refractivity contribution >= 4 is 31.6 Å². The van der Waals surface area contributed by atoms with Crippen LogP contribution in [0.25, 0.3) is 0 Å². The minimum Gasteiger partial charge on any atom is -0.444 e. The van der Waals surface area contributed by atoms with E-state index in [1.54, 1.807) is 64.0 Å². The quantitative estimate of drug-likeness (QED) is 0.653. The van der Waals surface area contributed by atoms with E-state index in [9.17, 15) is 14.4 Å². The Hall–Kier alpha value is -2.42. The van der Waals surface area contributed by atoms with Gasteiger partial charge in [-0.05, 0) is 66.2 Å². The van der Waals surface area contributed by atoms with Crippen LogP contribution in [0.3, 0.4) is 0 Å². The molecule has 182 valence electrons. The number of nitrogens with one attached hydrogen (secondary N) is 1. The molecule has 1 rings (SSSR count). The van der Waals surface area contributed by atoms with Gasteiger partial charge in [-0.15, -0.1) is 0 Å². The lowest BCUT2D eigenvalue weighted by Crippen LogP contribution is -2.54. The maximum absolute atomic E-state index is 13.3. The van der Waals surface area contributed by atoms with Gasteiger partial charge in [0.05, 0.1) is 0 Å². The number of carbonyl (C=O) groups excluding carboxylic acids is 3. The summed E-state index contributed by atoms with van der Waals surface area (Å²) in [4.78, 5) is 40.5. The second kappa shape index (κ2) is 12.6. The Bertz CT molecular complexity index is 750. The van der Waals surface area contributed by atoms with Crippen LogP contribution in [-0.2, 0) is 16.0 Å². The second-order valence-corrected chi connectivity index (χ2v) is 9.24. The fourth-order valence-corrected chi connectivity index (χ4v) is 3.06. The summed E-state index contributed by atoms with van der Waals surface area (Å²) in [7, 11) is 3.20. The first kappa shape index (κ1) is 29.6. The van der Waals surface area contributed by atoms with E-state index in [1.807, 2.05) is 27.7 Å². The second-order valence-electron chi connectivity index (χ2n) is 9.24. The molecule has 1 aromatic carbocycles. The maximum Gasteiger partial charge on any atom is 0.414 e. The number of amides is 3. The summed E-state index contributed by atoms with van der Waals surface area (Å²) in [5, 5.41) is 2.73. The van der Waals surface area contributed by atoms with Crippen LogP contribution >= 0.6 is 13.5 Å². The molecule has 0 saturated carbocycles. The number of nitrogens with zero attached hydrogens (tertiary/aromatic N) is 2. The van der Waals surface area contributed by atoms with Gasteiger partial charge in [0.1, 0.15) is 17.4 Å². The number of hydrogen-bond donors (Lipinski definition) is 1. The van der Waals surface area contributed by atoms with Gasteiger partial charge in [0.15, 0.2) is 0 Å². The number of rotatable bonds is 7. The molecule has 0 aliphatic heterocycles. The Morgan fingerprint density at radius 2 is 1.47 bits per heavy atom. The van der Waals surface area contributed by atoms with E-state index in [-0.39, 0.29) is 37.9 Å². The standard InChI is InChI=1S/C23H37N3O5.H2S/c1-15(2)26(16(3)4)20(27)19(24-21(28)31-23(5,6)7)14-17-10-12-18(13-11-17)30-22(29)25(8)9;/h10-13,15-16,19H,14H2,1-9H3,(H,24,28);1H2/t19-;/m0./s1. The molecule has 0 fully saturated rings. The van der Waals surface area contributed by atoms with Crippen molar-refractivity contribution in [3.05, 3.63) is 29.8 Å². The van der Waals surface area contributed by atoms with Gasteiger partial charge in [0.2, 0.25) is 5.91 Å². The normalized spacial score (nSPS) is 12.0. The third kappa shape index (κ3) is 9.80. The minimum absolute atomic E-state index is 0. The largest absolute Gasteiger partial charge is 0.444 e. The summed E-state index contributed by atoms with van der Waals surface area (Å²) in [6.45, 7) is 13.1. The van der Waals surface area contributed by atoms with Gasteiger partial charge in [-0.2, -0.15) is 13.5 Å². The lowest BCUT2D eigenvalue weighted by molar-refractivity contribution is -0.137. The molecule has 0 bridgehead atoms. The van der Waals surface area contributed by atoms with Crippen molar-refractivity contribution in [2.75, 3.05) is 14.1 Å². The molecule has 0 spiro atoms. The molecule has 0 aliphatic carbocycles. The number of benzene rings is 1. The summed E-state index contributed by atoms with van der Waals surface area (Å²) in [6.07, 6.45) is -0.845. The van der Waals surface area contributed by atoms with Crippen LogP contribution in [0.5, 0.6) is 5.75 Å². The Morgan fingerprint density at radius 3 is 1.88 bits per heavy atom. The average molecular weight is 470 g/mol. The van der Waals surface area contributed by atoms with Crippen LogP contribution < -0.4 is 10.1 Å². The predicted molar refractivity (Wildman–Crippen MR) is 131 cm³/mol. The summed E-state index contributed by atoms with van der Waals surface area (Å²) >= 11 is 0. The molecule has 3 amide bonds. The monoisotopic (exact) mass is 469 g/mol. The van der Waals surface area contributed by atoms with Gasteiger partial charge in [-0.1, -0.05) is 12.1 Å². The molecular weight excluding hydrogens is 430 g/mol. The highest BCUT2D eigenvalue weighted by Gasteiger charge is 2.31. The van der Waals surface area contributed by atoms with Crippen molar-refractivity contribution in [3.8, 4) is 5.75 Å².